The lowest BCUT2D eigenvalue weighted by atomic mass is 9.95. The smallest absolute Gasteiger partial charge is 0.266 e. The standard InChI is InChI=1S/C36H40ClN7O5/c1-36(2,43-13-11-26(45)12-14-43)19-24(20-38)33(46)41-25-8-6-22(7-9-25)10-15-44-32-23(21-40-35(39-3)42-32)16-29(34(44)47)28-17-27(48-4)18-30(49-5)31(28)37/h6-9,16-19,21,26,45H,10-15H2,1-5H3,(H,41,46)(H,39,40,42)/b24-19+. The number of halogens is 1. The van der Waals surface area contributed by atoms with Crippen molar-refractivity contribution in [3.8, 4) is 28.7 Å². The zero-order valence-electron chi connectivity index (χ0n) is 28.2. The summed E-state index contributed by atoms with van der Waals surface area (Å²) < 4.78 is 12.5. The van der Waals surface area contributed by atoms with Crippen molar-refractivity contribution < 1.29 is 19.4 Å². The molecule has 4 aromatic rings. The van der Waals surface area contributed by atoms with E-state index in [-0.39, 0.29) is 28.8 Å². The number of ether oxygens (including phenoxy) is 2. The van der Waals surface area contributed by atoms with Crippen LogP contribution >= 0.6 is 11.6 Å². The van der Waals surface area contributed by atoms with E-state index in [9.17, 15) is 20.0 Å². The summed E-state index contributed by atoms with van der Waals surface area (Å²) in [6, 6.07) is 14.4. The number of fused-ring (bicyclic) bond motifs is 1. The Hall–Kier alpha value is -4.96. The third-order valence-electron chi connectivity index (χ3n) is 8.79. The van der Waals surface area contributed by atoms with Crippen LogP contribution in [0, 0.1) is 11.3 Å². The van der Waals surface area contributed by atoms with Crippen molar-refractivity contribution in [2.75, 3.05) is 45.0 Å². The molecule has 3 N–H and O–H groups in total. The second-order valence-electron chi connectivity index (χ2n) is 12.4. The highest BCUT2D eigenvalue weighted by Gasteiger charge is 2.30. The average Bonchev–Trinajstić information content (AvgIpc) is 3.10. The van der Waals surface area contributed by atoms with Crippen LogP contribution in [-0.4, -0.2) is 76.4 Å². The van der Waals surface area contributed by atoms with Gasteiger partial charge in [-0.2, -0.15) is 10.2 Å². The number of carbonyl (C=O) groups is 1. The molecule has 5 rings (SSSR count). The minimum atomic E-state index is -0.533. The van der Waals surface area contributed by atoms with Crippen LogP contribution in [0.2, 0.25) is 5.02 Å². The lowest BCUT2D eigenvalue weighted by Crippen LogP contribution is -2.48. The number of nitriles is 1. The number of piperidine rings is 1. The molecule has 0 unspecified atom stereocenters. The van der Waals surface area contributed by atoms with Crippen LogP contribution < -0.4 is 25.7 Å². The summed E-state index contributed by atoms with van der Waals surface area (Å²) >= 11 is 6.69. The molecule has 1 aliphatic heterocycles. The van der Waals surface area contributed by atoms with E-state index < -0.39 is 11.4 Å². The number of hydrogen-bond donors (Lipinski definition) is 3. The number of methoxy groups -OCH3 is 2. The van der Waals surface area contributed by atoms with Crippen LogP contribution in [0.25, 0.3) is 22.2 Å². The molecule has 13 heteroatoms. The summed E-state index contributed by atoms with van der Waals surface area (Å²) in [5.74, 6) is 0.737. The number of aryl methyl sites for hydroxylation is 2. The number of aromatic nitrogens is 3. The first kappa shape index (κ1) is 35.3. The fourth-order valence-corrected chi connectivity index (χ4v) is 6.23. The Kier molecular flexibility index (Phi) is 10.9. The molecular weight excluding hydrogens is 646 g/mol. The molecule has 49 heavy (non-hydrogen) atoms. The van der Waals surface area contributed by atoms with E-state index >= 15 is 0 Å². The fraction of sp³-hybridized carbons (Fsp3) is 0.361. The van der Waals surface area contributed by atoms with E-state index in [1.165, 1.54) is 14.2 Å². The molecule has 1 aliphatic rings. The van der Waals surface area contributed by atoms with Crippen LogP contribution in [0.1, 0.15) is 32.3 Å². The Labute approximate surface area is 290 Å². The molecule has 0 atom stereocenters. The summed E-state index contributed by atoms with van der Waals surface area (Å²) in [5, 5.41) is 26.3. The first-order chi connectivity index (χ1) is 23.5. The molecule has 0 saturated carbocycles. The van der Waals surface area contributed by atoms with Crippen LogP contribution in [0.5, 0.6) is 11.5 Å². The highest BCUT2D eigenvalue weighted by Crippen LogP contribution is 2.38. The molecule has 0 spiro atoms. The Morgan fingerprint density at radius 3 is 2.49 bits per heavy atom. The lowest BCUT2D eigenvalue weighted by Gasteiger charge is -2.40. The van der Waals surface area contributed by atoms with E-state index in [1.807, 2.05) is 32.0 Å². The maximum atomic E-state index is 14.1. The molecule has 12 nitrogen and oxygen atoms in total. The van der Waals surface area contributed by atoms with Crippen molar-refractivity contribution in [3.63, 3.8) is 0 Å². The molecule has 1 fully saturated rings. The zero-order valence-corrected chi connectivity index (χ0v) is 29.0. The van der Waals surface area contributed by atoms with Crippen molar-refractivity contribution in [1.82, 2.24) is 19.4 Å². The zero-order chi connectivity index (χ0) is 35.3. The fourth-order valence-electron chi connectivity index (χ4n) is 5.94. The summed E-state index contributed by atoms with van der Waals surface area (Å²) in [4.78, 5) is 38.3. The van der Waals surface area contributed by atoms with E-state index in [4.69, 9.17) is 21.1 Å². The lowest BCUT2D eigenvalue weighted by molar-refractivity contribution is -0.112. The predicted molar refractivity (Wildman–Crippen MR) is 190 cm³/mol. The van der Waals surface area contributed by atoms with Crippen LogP contribution in [0.4, 0.5) is 11.6 Å². The number of pyridine rings is 1. The normalized spacial score (nSPS) is 14.4. The molecule has 2 aromatic carbocycles. The average molecular weight is 686 g/mol. The number of likely N-dealkylation sites (tertiary alicyclic amines) is 1. The third kappa shape index (κ3) is 7.86. The molecule has 0 bridgehead atoms. The Morgan fingerprint density at radius 1 is 1.14 bits per heavy atom. The molecule has 0 aliphatic carbocycles. The van der Waals surface area contributed by atoms with Crippen molar-refractivity contribution in [2.45, 2.75) is 51.3 Å². The first-order valence-electron chi connectivity index (χ1n) is 15.9. The van der Waals surface area contributed by atoms with Crippen molar-refractivity contribution in [1.29, 1.82) is 5.26 Å². The van der Waals surface area contributed by atoms with E-state index in [0.29, 0.717) is 77.6 Å². The topological polar surface area (TPSA) is 155 Å². The highest BCUT2D eigenvalue weighted by atomic mass is 35.5. The minimum Gasteiger partial charge on any atom is -0.497 e. The van der Waals surface area contributed by atoms with Gasteiger partial charge in [-0.15, -0.1) is 0 Å². The first-order valence-corrected chi connectivity index (χ1v) is 16.3. The Morgan fingerprint density at radius 2 is 1.86 bits per heavy atom. The second kappa shape index (κ2) is 15.1. The van der Waals surface area contributed by atoms with E-state index in [0.717, 1.165) is 5.56 Å². The van der Waals surface area contributed by atoms with Gasteiger partial charge in [0.2, 0.25) is 5.95 Å². The SMILES string of the molecule is CNc1ncc2cc(-c3cc(OC)cc(OC)c3Cl)c(=O)n(CCc3ccc(NC(=O)/C(C#N)=C/C(C)(C)N4CCC(O)CC4)cc3)c2n1. The number of aliphatic hydroxyl groups excluding tert-OH is 1. The number of anilines is 2. The van der Waals surface area contributed by atoms with E-state index in [1.54, 1.807) is 54.2 Å². The van der Waals surface area contributed by atoms with Gasteiger partial charge in [-0.3, -0.25) is 19.1 Å². The van der Waals surface area contributed by atoms with Gasteiger partial charge in [-0.25, -0.2) is 4.98 Å². The number of hydrogen-bond acceptors (Lipinski definition) is 10. The monoisotopic (exact) mass is 685 g/mol. The molecule has 3 heterocycles. The van der Waals surface area contributed by atoms with Crippen LogP contribution in [0.15, 0.2) is 65.1 Å². The van der Waals surface area contributed by atoms with Crippen LogP contribution in [-0.2, 0) is 17.8 Å². The van der Waals surface area contributed by atoms with Gasteiger partial charge in [0.25, 0.3) is 11.5 Å². The van der Waals surface area contributed by atoms with Gasteiger partial charge in [0.1, 0.15) is 28.8 Å². The second-order valence-corrected chi connectivity index (χ2v) is 12.7. The maximum Gasteiger partial charge on any atom is 0.266 e. The molecule has 1 saturated heterocycles. The number of benzene rings is 2. The molecule has 256 valence electrons. The summed E-state index contributed by atoms with van der Waals surface area (Å²) in [5.41, 5.74) is 1.90. The molecule has 0 radical (unpaired) electrons. The number of carbonyl (C=O) groups excluding carboxylic acids is 1. The summed E-state index contributed by atoms with van der Waals surface area (Å²) in [6.07, 6.45) is 4.81. The third-order valence-corrected chi connectivity index (χ3v) is 9.18. The van der Waals surface area contributed by atoms with Crippen molar-refractivity contribution >= 4 is 40.2 Å². The molecule has 2 aromatic heterocycles. The number of nitrogens with zero attached hydrogens (tertiary/aromatic N) is 5. The van der Waals surface area contributed by atoms with Gasteiger partial charge < -0.3 is 25.2 Å². The number of aliphatic hydroxyl groups is 1. The van der Waals surface area contributed by atoms with Gasteiger partial charge in [0.05, 0.1) is 25.3 Å². The van der Waals surface area contributed by atoms with Gasteiger partial charge in [0, 0.05) is 66.7 Å². The highest BCUT2D eigenvalue weighted by molar-refractivity contribution is 6.35. The number of amides is 1. The predicted octanol–water partition coefficient (Wildman–Crippen LogP) is 5.04. The van der Waals surface area contributed by atoms with E-state index in [2.05, 4.69) is 25.5 Å². The minimum absolute atomic E-state index is 0.0167. The van der Waals surface area contributed by atoms with Gasteiger partial charge >= 0.3 is 0 Å². The quantitative estimate of drug-likeness (QED) is 0.145. The van der Waals surface area contributed by atoms with Crippen molar-refractivity contribution in [2.24, 2.45) is 0 Å². The van der Waals surface area contributed by atoms with Crippen molar-refractivity contribution in [3.05, 3.63) is 81.3 Å². The Bertz CT molecular complexity index is 1980. The van der Waals surface area contributed by atoms with Crippen LogP contribution in [0.3, 0.4) is 0 Å². The van der Waals surface area contributed by atoms with Gasteiger partial charge in [-0.1, -0.05) is 23.7 Å². The molecular formula is C36H40ClN7O5. The molecule has 1 amide bonds. The summed E-state index contributed by atoms with van der Waals surface area (Å²) in [6.45, 7) is 5.58. The summed E-state index contributed by atoms with van der Waals surface area (Å²) in [7, 11) is 4.73. The van der Waals surface area contributed by atoms with Gasteiger partial charge in [0.15, 0.2) is 0 Å². The van der Waals surface area contributed by atoms with Gasteiger partial charge in [-0.05, 0) is 69.0 Å². The Balaban J connectivity index is 1.38. The largest absolute Gasteiger partial charge is 0.497 e. The number of rotatable bonds is 11. The maximum absolute atomic E-state index is 14.1. The number of nitrogens with one attached hydrogen (secondary N) is 2.